The number of piperidine rings is 1. The number of aromatic nitrogens is 1. The van der Waals surface area contributed by atoms with Gasteiger partial charge in [-0.2, -0.15) is 13.2 Å². The Balaban J connectivity index is 1.45. The molecule has 4 rings (SSSR count). The van der Waals surface area contributed by atoms with Crippen molar-refractivity contribution < 1.29 is 22.8 Å². The van der Waals surface area contributed by atoms with Crippen molar-refractivity contribution in [2.75, 3.05) is 24.5 Å². The lowest BCUT2D eigenvalue weighted by molar-refractivity contribution is -0.172. The van der Waals surface area contributed by atoms with Gasteiger partial charge >= 0.3 is 6.18 Å². The Morgan fingerprint density at radius 2 is 2.00 bits per heavy atom. The van der Waals surface area contributed by atoms with Gasteiger partial charge in [-0.05, 0) is 31.9 Å². The van der Waals surface area contributed by atoms with Crippen LogP contribution in [-0.4, -0.2) is 59.6 Å². The number of hydrogen-bond donors (Lipinski definition) is 1. The summed E-state index contributed by atoms with van der Waals surface area (Å²) < 4.78 is 38.6. The van der Waals surface area contributed by atoms with Gasteiger partial charge < -0.3 is 15.1 Å². The van der Waals surface area contributed by atoms with Crippen LogP contribution < -0.4 is 10.2 Å². The number of rotatable bonds is 2. The van der Waals surface area contributed by atoms with Crippen LogP contribution in [0.25, 0.3) is 10.8 Å². The molecule has 6 nitrogen and oxygen atoms in total. The molecule has 1 N–H and O–H groups in total. The van der Waals surface area contributed by atoms with Crippen LogP contribution >= 0.6 is 0 Å². The summed E-state index contributed by atoms with van der Waals surface area (Å²) in [6.07, 6.45) is -1.30. The number of amides is 2. The first-order chi connectivity index (χ1) is 14.3. The van der Waals surface area contributed by atoms with Gasteiger partial charge in [-0.1, -0.05) is 12.1 Å². The van der Waals surface area contributed by atoms with Crippen molar-refractivity contribution in [3.63, 3.8) is 0 Å². The Morgan fingerprint density at radius 3 is 2.70 bits per heavy atom. The molecule has 9 heteroatoms. The highest BCUT2D eigenvalue weighted by Crippen LogP contribution is 2.31. The van der Waals surface area contributed by atoms with E-state index in [0.29, 0.717) is 19.6 Å². The van der Waals surface area contributed by atoms with Gasteiger partial charge in [-0.3, -0.25) is 14.6 Å². The minimum absolute atomic E-state index is 0.0852. The zero-order valence-corrected chi connectivity index (χ0v) is 16.5. The van der Waals surface area contributed by atoms with Gasteiger partial charge in [0, 0.05) is 54.5 Å². The van der Waals surface area contributed by atoms with Crippen LogP contribution in [0, 0.1) is 5.92 Å². The number of carbonyl (C=O) groups excluding carboxylic acids is 2. The molecule has 3 heterocycles. The van der Waals surface area contributed by atoms with Crippen molar-refractivity contribution in [3.8, 4) is 0 Å². The van der Waals surface area contributed by atoms with Crippen LogP contribution in [0.4, 0.5) is 18.9 Å². The van der Waals surface area contributed by atoms with E-state index in [-0.39, 0.29) is 24.8 Å². The number of benzene rings is 1. The third-order valence-corrected chi connectivity index (χ3v) is 5.98. The number of nitrogens with one attached hydrogen (secondary N) is 1. The molecule has 0 spiro atoms. The van der Waals surface area contributed by atoms with Gasteiger partial charge in [0.15, 0.2) is 0 Å². The number of pyridine rings is 1. The lowest BCUT2D eigenvalue weighted by Crippen LogP contribution is -2.59. The second kappa shape index (κ2) is 7.77. The minimum atomic E-state index is -4.49. The Morgan fingerprint density at radius 1 is 1.20 bits per heavy atom. The van der Waals surface area contributed by atoms with Crippen LogP contribution in [0.2, 0.25) is 0 Å². The Kier molecular flexibility index (Phi) is 5.29. The molecule has 2 aliphatic rings. The molecule has 0 bridgehead atoms. The van der Waals surface area contributed by atoms with E-state index >= 15 is 0 Å². The third kappa shape index (κ3) is 3.80. The normalized spacial score (nSPS) is 25.3. The summed E-state index contributed by atoms with van der Waals surface area (Å²) in [6.45, 7) is 3.47. The highest BCUT2D eigenvalue weighted by molar-refractivity contribution is 6.01. The average molecular weight is 420 g/mol. The summed E-state index contributed by atoms with van der Waals surface area (Å²) in [7, 11) is 0. The standard InChI is InChI=1S/C21H23F3N4O2/c1-13-12-27(17-4-2-3-14-11-25-8-7-15(14)17)9-10-28(13)20(30)16-5-6-18(21(22,23)24)26-19(16)29/h2-4,7-8,11,13,16,18H,5-6,9-10,12H2,1H3,(H,26,29). The molecule has 2 amide bonds. The zero-order chi connectivity index (χ0) is 21.5. The smallest absolute Gasteiger partial charge is 0.367 e. The first-order valence-electron chi connectivity index (χ1n) is 10.0. The number of alkyl halides is 3. The molecular formula is C21H23F3N4O2. The molecule has 1 aromatic carbocycles. The molecule has 2 saturated heterocycles. The van der Waals surface area contributed by atoms with Gasteiger partial charge in [-0.15, -0.1) is 0 Å². The van der Waals surface area contributed by atoms with Crippen molar-refractivity contribution in [1.29, 1.82) is 0 Å². The fourth-order valence-corrected chi connectivity index (χ4v) is 4.38. The van der Waals surface area contributed by atoms with Gasteiger partial charge in [0.05, 0.1) is 0 Å². The number of anilines is 1. The summed E-state index contributed by atoms with van der Waals surface area (Å²) in [5, 5.41) is 4.07. The van der Waals surface area contributed by atoms with E-state index in [9.17, 15) is 22.8 Å². The molecule has 0 radical (unpaired) electrons. The van der Waals surface area contributed by atoms with Crippen molar-refractivity contribution >= 4 is 28.3 Å². The van der Waals surface area contributed by atoms with E-state index in [1.54, 1.807) is 17.3 Å². The number of fused-ring (bicyclic) bond motifs is 1. The molecule has 2 aromatic rings. The van der Waals surface area contributed by atoms with E-state index in [1.165, 1.54) is 0 Å². The van der Waals surface area contributed by atoms with Gasteiger partial charge in [0.25, 0.3) is 0 Å². The Bertz CT molecular complexity index is 959. The SMILES string of the molecule is CC1CN(c2cccc3cnccc23)CCN1C(=O)C1CCC(C(F)(F)F)NC1=O. The van der Waals surface area contributed by atoms with Crippen LogP contribution in [0.3, 0.4) is 0 Å². The quantitative estimate of drug-likeness (QED) is 0.759. The van der Waals surface area contributed by atoms with Crippen LogP contribution in [0.5, 0.6) is 0 Å². The third-order valence-electron chi connectivity index (χ3n) is 5.98. The molecule has 1 aromatic heterocycles. The predicted octanol–water partition coefficient (Wildman–Crippen LogP) is 2.73. The lowest BCUT2D eigenvalue weighted by Gasteiger charge is -2.43. The maximum atomic E-state index is 12.9. The van der Waals surface area contributed by atoms with Crippen LogP contribution in [0.1, 0.15) is 19.8 Å². The fourth-order valence-electron chi connectivity index (χ4n) is 4.38. The van der Waals surface area contributed by atoms with Crippen molar-refractivity contribution in [2.24, 2.45) is 5.92 Å². The van der Waals surface area contributed by atoms with E-state index < -0.39 is 24.0 Å². The molecule has 3 atom stereocenters. The number of piperazine rings is 1. The van der Waals surface area contributed by atoms with E-state index in [1.807, 2.05) is 36.5 Å². The van der Waals surface area contributed by atoms with Crippen LogP contribution in [-0.2, 0) is 9.59 Å². The lowest BCUT2D eigenvalue weighted by atomic mass is 9.91. The van der Waals surface area contributed by atoms with E-state index in [4.69, 9.17) is 0 Å². The number of hydrogen-bond acceptors (Lipinski definition) is 4. The first kappa shape index (κ1) is 20.4. The summed E-state index contributed by atoms with van der Waals surface area (Å²) in [5.74, 6) is -2.27. The second-order valence-corrected chi connectivity index (χ2v) is 7.93. The molecule has 2 aliphatic heterocycles. The Hall–Kier alpha value is -2.84. The first-order valence-corrected chi connectivity index (χ1v) is 10.0. The average Bonchev–Trinajstić information content (AvgIpc) is 2.72. The molecule has 2 fully saturated rings. The zero-order valence-electron chi connectivity index (χ0n) is 16.5. The number of halogens is 3. The summed E-state index contributed by atoms with van der Waals surface area (Å²) in [4.78, 5) is 33.1. The molecule has 0 aliphatic carbocycles. The van der Waals surface area contributed by atoms with Crippen molar-refractivity contribution in [2.45, 2.75) is 38.0 Å². The van der Waals surface area contributed by atoms with Gasteiger partial charge in [0.1, 0.15) is 12.0 Å². The summed E-state index contributed by atoms with van der Waals surface area (Å²) in [5.41, 5.74) is 1.05. The fraction of sp³-hybridized carbons (Fsp3) is 0.476. The maximum Gasteiger partial charge on any atom is 0.408 e. The molecular weight excluding hydrogens is 397 g/mol. The maximum absolute atomic E-state index is 12.9. The molecule has 3 unspecified atom stereocenters. The molecule has 160 valence electrons. The minimum Gasteiger partial charge on any atom is -0.367 e. The summed E-state index contributed by atoms with van der Waals surface area (Å²) in [6, 6.07) is 5.89. The molecule has 0 saturated carbocycles. The topological polar surface area (TPSA) is 65.5 Å². The summed E-state index contributed by atoms with van der Waals surface area (Å²) >= 11 is 0. The van der Waals surface area contributed by atoms with Crippen molar-refractivity contribution in [3.05, 3.63) is 36.7 Å². The highest BCUT2D eigenvalue weighted by Gasteiger charge is 2.47. The Labute approximate surface area is 172 Å². The van der Waals surface area contributed by atoms with Gasteiger partial charge in [0.2, 0.25) is 11.8 Å². The molecule has 30 heavy (non-hydrogen) atoms. The monoisotopic (exact) mass is 420 g/mol. The second-order valence-electron chi connectivity index (χ2n) is 7.93. The van der Waals surface area contributed by atoms with E-state index in [2.05, 4.69) is 9.88 Å². The van der Waals surface area contributed by atoms with Crippen LogP contribution in [0.15, 0.2) is 36.7 Å². The van der Waals surface area contributed by atoms with E-state index in [0.717, 1.165) is 16.5 Å². The highest BCUT2D eigenvalue weighted by atomic mass is 19.4. The number of nitrogens with zero attached hydrogens (tertiary/aromatic N) is 3. The number of carbonyl (C=O) groups is 2. The van der Waals surface area contributed by atoms with Gasteiger partial charge in [-0.25, -0.2) is 0 Å². The largest absolute Gasteiger partial charge is 0.408 e. The van der Waals surface area contributed by atoms with Crippen molar-refractivity contribution in [1.82, 2.24) is 15.2 Å². The predicted molar refractivity (Wildman–Crippen MR) is 106 cm³/mol.